The molecule has 8 heteroatoms. The Morgan fingerprint density at radius 1 is 1.56 bits per heavy atom. The highest BCUT2D eigenvalue weighted by molar-refractivity contribution is 7.89. The molecule has 6 nitrogen and oxygen atoms in total. The summed E-state index contributed by atoms with van der Waals surface area (Å²) in [6, 6.07) is 2.73. The van der Waals surface area contributed by atoms with Gasteiger partial charge in [0.15, 0.2) is 5.03 Å². The maximum atomic E-state index is 12.0. The number of pyridine rings is 1. The molecule has 1 aromatic rings. The number of nitrogen functional groups attached to an aromatic ring is 1. The standard InChI is InChI=1S/C10H17N3O3S2/c1-8(5-7-17(2)14)13-18(15,16)10-9(11)4-3-6-12-10/h3-4,6,8,13H,5,7,11H2,1-2H3. The quantitative estimate of drug-likeness (QED) is 0.774. The molecule has 0 fully saturated rings. The third-order valence-electron chi connectivity index (χ3n) is 2.25. The Morgan fingerprint density at radius 3 is 2.78 bits per heavy atom. The van der Waals surface area contributed by atoms with E-state index < -0.39 is 20.8 Å². The lowest BCUT2D eigenvalue weighted by Crippen LogP contribution is -2.34. The van der Waals surface area contributed by atoms with Gasteiger partial charge in [-0.2, -0.15) is 0 Å². The first-order valence-electron chi connectivity index (χ1n) is 5.36. The summed E-state index contributed by atoms with van der Waals surface area (Å²) in [6.07, 6.45) is 3.45. The van der Waals surface area contributed by atoms with Crippen LogP contribution in [0.1, 0.15) is 13.3 Å². The second kappa shape index (κ2) is 6.26. The molecule has 0 bridgehead atoms. The number of sulfonamides is 1. The van der Waals surface area contributed by atoms with E-state index in [9.17, 15) is 12.6 Å². The molecule has 3 N–H and O–H groups in total. The summed E-state index contributed by atoms with van der Waals surface area (Å²) in [5.41, 5.74) is 5.68. The summed E-state index contributed by atoms with van der Waals surface area (Å²) >= 11 is 0. The Morgan fingerprint density at radius 2 is 2.22 bits per heavy atom. The van der Waals surface area contributed by atoms with Crippen LogP contribution < -0.4 is 10.5 Å². The van der Waals surface area contributed by atoms with E-state index >= 15 is 0 Å². The predicted octanol–water partition coefficient (Wildman–Crippen LogP) is 0.0992. The van der Waals surface area contributed by atoms with Gasteiger partial charge in [0, 0.05) is 35.0 Å². The average Bonchev–Trinajstić information content (AvgIpc) is 2.26. The molecule has 2 atom stereocenters. The highest BCUT2D eigenvalue weighted by Crippen LogP contribution is 2.14. The van der Waals surface area contributed by atoms with E-state index in [2.05, 4.69) is 9.71 Å². The SMILES string of the molecule is CC(CCS(C)=O)NS(=O)(=O)c1ncccc1N. The lowest BCUT2D eigenvalue weighted by Gasteiger charge is -2.13. The van der Waals surface area contributed by atoms with E-state index in [1.807, 2.05) is 0 Å². The van der Waals surface area contributed by atoms with Gasteiger partial charge in [-0.3, -0.25) is 4.21 Å². The van der Waals surface area contributed by atoms with Crippen LogP contribution in [-0.4, -0.2) is 35.7 Å². The molecule has 1 heterocycles. The fourth-order valence-electron chi connectivity index (χ4n) is 1.35. The summed E-state index contributed by atoms with van der Waals surface area (Å²) in [7, 11) is -4.66. The molecule has 1 rings (SSSR count). The molecule has 0 aromatic carbocycles. The number of nitrogens with one attached hydrogen (secondary N) is 1. The van der Waals surface area contributed by atoms with E-state index in [1.165, 1.54) is 12.3 Å². The summed E-state index contributed by atoms with van der Waals surface area (Å²) in [5.74, 6) is 0.446. The number of aromatic nitrogens is 1. The first kappa shape index (κ1) is 15.1. The van der Waals surface area contributed by atoms with E-state index in [1.54, 1.807) is 19.2 Å². The summed E-state index contributed by atoms with van der Waals surface area (Å²) in [5, 5.41) is -0.172. The number of hydrogen-bond donors (Lipinski definition) is 2. The van der Waals surface area contributed by atoms with Crippen molar-refractivity contribution < 1.29 is 12.6 Å². The topological polar surface area (TPSA) is 102 Å². The van der Waals surface area contributed by atoms with Crippen LogP contribution in [0.3, 0.4) is 0 Å². The monoisotopic (exact) mass is 291 g/mol. The van der Waals surface area contributed by atoms with Crippen LogP contribution in [-0.2, 0) is 20.8 Å². The normalized spacial score (nSPS) is 15.2. The zero-order chi connectivity index (χ0) is 13.8. The fourth-order valence-corrected chi connectivity index (χ4v) is 3.37. The Labute approximate surface area is 110 Å². The molecule has 18 heavy (non-hydrogen) atoms. The van der Waals surface area contributed by atoms with Crippen molar-refractivity contribution in [2.45, 2.75) is 24.4 Å². The second-order valence-corrected chi connectivity index (χ2v) is 7.17. The van der Waals surface area contributed by atoms with Gasteiger partial charge in [0.05, 0.1) is 5.69 Å². The molecule has 0 spiro atoms. The van der Waals surface area contributed by atoms with Gasteiger partial charge in [0.2, 0.25) is 0 Å². The molecule has 102 valence electrons. The number of rotatable bonds is 6. The Bertz CT molecular complexity index is 531. The van der Waals surface area contributed by atoms with Crippen LogP contribution in [0.2, 0.25) is 0 Å². The lowest BCUT2D eigenvalue weighted by molar-refractivity contribution is 0.553. The van der Waals surface area contributed by atoms with Crippen molar-refractivity contribution >= 4 is 26.5 Å². The molecule has 2 unspecified atom stereocenters. The van der Waals surface area contributed by atoms with E-state index in [0.29, 0.717) is 12.2 Å². The molecule has 0 aliphatic heterocycles. The lowest BCUT2D eigenvalue weighted by atomic mass is 10.3. The van der Waals surface area contributed by atoms with E-state index in [0.717, 1.165) is 0 Å². The molecule has 0 radical (unpaired) electrons. The number of nitrogens with zero attached hydrogens (tertiary/aromatic N) is 1. The van der Waals surface area contributed by atoms with Crippen LogP contribution in [0.4, 0.5) is 5.69 Å². The van der Waals surface area contributed by atoms with Gasteiger partial charge in [0.1, 0.15) is 0 Å². The number of hydrogen-bond acceptors (Lipinski definition) is 5. The maximum absolute atomic E-state index is 12.0. The molecule has 0 saturated heterocycles. The van der Waals surface area contributed by atoms with Crippen molar-refractivity contribution in [1.82, 2.24) is 9.71 Å². The first-order chi connectivity index (χ1) is 8.33. The smallest absolute Gasteiger partial charge is 0.260 e. The van der Waals surface area contributed by atoms with Crippen molar-refractivity contribution in [3.05, 3.63) is 18.3 Å². The second-order valence-electron chi connectivity index (χ2n) is 3.99. The highest BCUT2D eigenvalue weighted by atomic mass is 32.2. The van der Waals surface area contributed by atoms with Crippen LogP contribution in [0.25, 0.3) is 0 Å². The molecule has 0 aliphatic carbocycles. The van der Waals surface area contributed by atoms with Gasteiger partial charge in [-0.25, -0.2) is 18.1 Å². The molecular formula is C10H17N3O3S2. The Balaban J connectivity index is 2.77. The largest absolute Gasteiger partial charge is 0.396 e. The minimum Gasteiger partial charge on any atom is -0.396 e. The Kier molecular flexibility index (Phi) is 5.24. The van der Waals surface area contributed by atoms with Crippen molar-refractivity contribution in [1.29, 1.82) is 0 Å². The predicted molar refractivity (Wildman–Crippen MR) is 72.0 cm³/mol. The van der Waals surface area contributed by atoms with Gasteiger partial charge in [-0.15, -0.1) is 0 Å². The molecule has 0 amide bonds. The molecule has 1 aromatic heterocycles. The zero-order valence-electron chi connectivity index (χ0n) is 10.3. The third-order valence-corrected chi connectivity index (χ3v) is 4.62. The van der Waals surface area contributed by atoms with Crippen molar-refractivity contribution in [2.24, 2.45) is 0 Å². The minimum atomic E-state index is -3.72. The van der Waals surface area contributed by atoms with Crippen LogP contribution in [0.15, 0.2) is 23.4 Å². The minimum absolute atomic E-state index is 0.108. The van der Waals surface area contributed by atoms with Crippen LogP contribution in [0.5, 0.6) is 0 Å². The van der Waals surface area contributed by atoms with Gasteiger partial charge in [-0.05, 0) is 25.5 Å². The van der Waals surface area contributed by atoms with Gasteiger partial charge >= 0.3 is 0 Å². The first-order valence-corrected chi connectivity index (χ1v) is 8.57. The summed E-state index contributed by atoms with van der Waals surface area (Å²) in [4.78, 5) is 3.76. The van der Waals surface area contributed by atoms with Crippen LogP contribution in [0, 0.1) is 0 Å². The Hall–Kier alpha value is -0.990. The van der Waals surface area contributed by atoms with Crippen molar-refractivity contribution in [2.75, 3.05) is 17.7 Å². The third kappa shape index (κ3) is 4.35. The fraction of sp³-hybridized carbons (Fsp3) is 0.500. The van der Waals surface area contributed by atoms with Gasteiger partial charge in [0.25, 0.3) is 10.0 Å². The average molecular weight is 291 g/mol. The molecular weight excluding hydrogens is 274 g/mol. The van der Waals surface area contributed by atoms with Gasteiger partial charge in [-0.1, -0.05) is 0 Å². The zero-order valence-corrected chi connectivity index (χ0v) is 11.9. The summed E-state index contributed by atoms with van der Waals surface area (Å²) < 4.78 is 37.4. The highest BCUT2D eigenvalue weighted by Gasteiger charge is 2.21. The van der Waals surface area contributed by atoms with E-state index in [4.69, 9.17) is 5.73 Å². The molecule has 0 saturated carbocycles. The molecule has 0 aliphatic rings. The van der Waals surface area contributed by atoms with E-state index in [-0.39, 0.29) is 16.8 Å². The number of nitrogens with two attached hydrogens (primary N) is 1. The summed E-state index contributed by atoms with van der Waals surface area (Å²) in [6.45, 7) is 1.71. The van der Waals surface area contributed by atoms with Crippen LogP contribution >= 0.6 is 0 Å². The van der Waals surface area contributed by atoms with Crippen molar-refractivity contribution in [3.8, 4) is 0 Å². The van der Waals surface area contributed by atoms with Gasteiger partial charge < -0.3 is 5.73 Å². The maximum Gasteiger partial charge on any atom is 0.260 e. The van der Waals surface area contributed by atoms with Crippen molar-refractivity contribution in [3.63, 3.8) is 0 Å². The number of anilines is 1.